The molecule has 2 rings (SSSR count). The molecule has 1 aliphatic heterocycles. The lowest BCUT2D eigenvalue weighted by atomic mass is 10.0. The number of ether oxygens (including phenoxy) is 2. The van der Waals surface area contributed by atoms with Crippen LogP contribution in [0.4, 0.5) is 4.79 Å². The first kappa shape index (κ1) is 17.9. The molecule has 0 saturated carbocycles. The van der Waals surface area contributed by atoms with Crippen molar-refractivity contribution in [2.45, 2.75) is 31.8 Å². The van der Waals surface area contributed by atoms with Gasteiger partial charge in [-0.3, -0.25) is 0 Å². The fraction of sp³-hybridized carbons (Fsp3) is 0.588. The van der Waals surface area contributed by atoms with Crippen LogP contribution in [0, 0.1) is 0 Å². The predicted octanol–water partition coefficient (Wildman–Crippen LogP) is 3.32. The van der Waals surface area contributed by atoms with Gasteiger partial charge < -0.3 is 19.7 Å². The van der Waals surface area contributed by atoms with Crippen LogP contribution in [0.5, 0.6) is 5.75 Å². The molecule has 1 heterocycles. The Kier molecular flexibility index (Phi) is 6.54. The molecule has 0 radical (unpaired) electrons. The van der Waals surface area contributed by atoms with Crippen molar-refractivity contribution in [3.8, 4) is 5.75 Å². The molecule has 2 amide bonds. The summed E-state index contributed by atoms with van der Waals surface area (Å²) >= 11 is 6.02. The lowest BCUT2D eigenvalue weighted by Gasteiger charge is -2.25. The Labute approximate surface area is 142 Å². The molecule has 1 aromatic carbocycles. The van der Waals surface area contributed by atoms with Crippen molar-refractivity contribution >= 4 is 17.6 Å². The molecule has 128 valence electrons. The molecule has 6 heteroatoms. The van der Waals surface area contributed by atoms with E-state index < -0.39 is 0 Å². The summed E-state index contributed by atoms with van der Waals surface area (Å²) in [7, 11) is 1.78. The van der Waals surface area contributed by atoms with Crippen LogP contribution in [0.1, 0.15) is 26.2 Å². The second-order valence-corrected chi connectivity index (χ2v) is 6.52. The van der Waals surface area contributed by atoms with Gasteiger partial charge in [0.1, 0.15) is 5.75 Å². The smallest absolute Gasteiger partial charge is 0.317 e. The zero-order valence-electron chi connectivity index (χ0n) is 13.8. The Hall–Kier alpha value is -1.46. The van der Waals surface area contributed by atoms with Crippen LogP contribution in [-0.2, 0) is 4.74 Å². The highest BCUT2D eigenvalue weighted by molar-refractivity contribution is 6.32. The highest BCUT2D eigenvalue weighted by Gasteiger charge is 2.30. The van der Waals surface area contributed by atoms with Crippen molar-refractivity contribution in [1.82, 2.24) is 10.2 Å². The first-order valence-electron chi connectivity index (χ1n) is 8.00. The molecular formula is C17H25ClN2O3. The van der Waals surface area contributed by atoms with Gasteiger partial charge in [0.2, 0.25) is 0 Å². The van der Waals surface area contributed by atoms with Crippen molar-refractivity contribution in [1.29, 1.82) is 0 Å². The zero-order chi connectivity index (χ0) is 16.7. The summed E-state index contributed by atoms with van der Waals surface area (Å²) in [5.41, 5.74) is -0.219. The minimum absolute atomic E-state index is 0.0838. The van der Waals surface area contributed by atoms with E-state index in [1.54, 1.807) is 18.0 Å². The van der Waals surface area contributed by atoms with Crippen molar-refractivity contribution in [2.75, 3.05) is 33.4 Å². The van der Waals surface area contributed by atoms with Crippen LogP contribution < -0.4 is 10.1 Å². The Morgan fingerprint density at radius 1 is 1.48 bits per heavy atom. The second-order valence-electron chi connectivity index (χ2n) is 6.11. The predicted molar refractivity (Wildman–Crippen MR) is 91.2 cm³/mol. The molecule has 23 heavy (non-hydrogen) atoms. The molecule has 1 atom stereocenters. The minimum Gasteiger partial charge on any atom is -0.492 e. The average Bonchev–Trinajstić information content (AvgIpc) is 2.97. The van der Waals surface area contributed by atoms with Gasteiger partial charge in [0.15, 0.2) is 0 Å². The molecule has 0 unspecified atom stereocenters. The maximum absolute atomic E-state index is 12.1. The molecule has 1 N–H and O–H groups in total. The van der Waals surface area contributed by atoms with Gasteiger partial charge in [0.25, 0.3) is 0 Å². The van der Waals surface area contributed by atoms with Crippen molar-refractivity contribution in [3.63, 3.8) is 0 Å². The summed E-state index contributed by atoms with van der Waals surface area (Å²) in [5.74, 6) is 0.674. The van der Waals surface area contributed by atoms with Crippen molar-refractivity contribution in [2.24, 2.45) is 0 Å². The summed E-state index contributed by atoms with van der Waals surface area (Å²) in [6, 6.07) is 7.29. The molecule has 0 aliphatic carbocycles. The van der Waals surface area contributed by atoms with E-state index in [1.165, 1.54) is 0 Å². The van der Waals surface area contributed by atoms with Crippen LogP contribution >= 0.6 is 11.6 Å². The first-order chi connectivity index (χ1) is 11.0. The molecule has 5 nitrogen and oxygen atoms in total. The van der Waals surface area contributed by atoms with E-state index in [0.29, 0.717) is 30.5 Å². The lowest BCUT2D eigenvalue weighted by molar-refractivity contribution is 0.0221. The maximum atomic E-state index is 12.1. The quantitative estimate of drug-likeness (QED) is 0.775. The number of para-hydroxylation sites is 1. The number of amides is 2. The molecule has 0 spiro atoms. The van der Waals surface area contributed by atoms with E-state index in [4.69, 9.17) is 21.1 Å². The van der Waals surface area contributed by atoms with Crippen LogP contribution in [-0.4, -0.2) is 49.9 Å². The van der Waals surface area contributed by atoms with Crippen LogP contribution in [0.25, 0.3) is 0 Å². The van der Waals surface area contributed by atoms with Crippen LogP contribution in [0.3, 0.4) is 0 Å². The first-order valence-corrected chi connectivity index (χ1v) is 8.38. The Morgan fingerprint density at radius 2 is 2.26 bits per heavy atom. The Bertz CT molecular complexity index is 518. The third-order valence-corrected chi connectivity index (χ3v) is 4.31. The molecule has 1 aromatic rings. The van der Waals surface area contributed by atoms with Crippen molar-refractivity contribution in [3.05, 3.63) is 29.3 Å². The average molecular weight is 341 g/mol. The van der Waals surface area contributed by atoms with E-state index in [1.807, 2.05) is 25.1 Å². The van der Waals surface area contributed by atoms with Crippen LogP contribution in [0.15, 0.2) is 24.3 Å². The number of carbonyl (C=O) groups is 1. The van der Waals surface area contributed by atoms with Gasteiger partial charge in [-0.15, -0.1) is 0 Å². The third-order valence-electron chi connectivity index (χ3n) is 3.99. The number of carbonyl (C=O) groups excluding carboxylic acids is 1. The summed E-state index contributed by atoms with van der Waals surface area (Å²) in [6.45, 7) is 4.50. The van der Waals surface area contributed by atoms with E-state index in [0.717, 1.165) is 25.9 Å². The van der Waals surface area contributed by atoms with Gasteiger partial charge in [0, 0.05) is 26.7 Å². The summed E-state index contributed by atoms with van der Waals surface area (Å²) in [5, 5.41) is 3.53. The monoisotopic (exact) mass is 340 g/mol. The topological polar surface area (TPSA) is 50.8 Å². The number of halogens is 1. The molecule has 1 aliphatic rings. The normalized spacial score (nSPS) is 20.3. The molecule has 1 fully saturated rings. The van der Waals surface area contributed by atoms with E-state index in [9.17, 15) is 4.79 Å². The number of hydrogen-bond donors (Lipinski definition) is 1. The number of urea groups is 1. The number of benzene rings is 1. The molecular weight excluding hydrogens is 316 g/mol. The van der Waals surface area contributed by atoms with Crippen LogP contribution in [0.2, 0.25) is 5.02 Å². The zero-order valence-corrected chi connectivity index (χ0v) is 14.6. The number of hydrogen-bond acceptors (Lipinski definition) is 3. The fourth-order valence-electron chi connectivity index (χ4n) is 2.52. The molecule has 0 aromatic heterocycles. The molecule has 1 saturated heterocycles. The van der Waals surface area contributed by atoms with Gasteiger partial charge >= 0.3 is 6.03 Å². The number of nitrogens with one attached hydrogen (secondary N) is 1. The van der Waals surface area contributed by atoms with Crippen molar-refractivity contribution < 1.29 is 14.3 Å². The fourth-order valence-corrected chi connectivity index (χ4v) is 2.71. The summed E-state index contributed by atoms with van der Waals surface area (Å²) in [6.07, 6.45) is 2.78. The second kappa shape index (κ2) is 8.41. The van der Waals surface area contributed by atoms with Gasteiger partial charge in [-0.1, -0.05) is 23.7 Å². The lowest BCUT2D eigenvalue weighted by Crippen LogP contribution is -2.45. The SMILES string of the molecule is CN(CCCOc1ccccc1Cl)C(=O)NC[C@]1(C)CCCO1. The standard InChI is InChI=1S/C17H25ClN2O3/c1-17(9-5-12-23-17)13-19-16(21)20(2)10-6-11-22-15-8-4-3-7-14(15)18/h3-4,7-8H,5-6,9-13H2,1-2H3,(H,19,21)/t17-/m0/s1. The largest absolute Gasteiger partial charge is 0.492 e. The van der Waals surface area contributed by atoms with Gasteiger partial charge in [0.05, 0.1) is 17.2 Å². The Morgan fingerprint density at radius 3 is 2.96 bits per heavy atom. The molecule has 0 bridgehead atoms. The summed E-state index contributed by atoms with van der Waals surface area (Å²) < 4.78 is 11.3. The maximum Gasteiger partial charge on any atom is 0.317 e. The van der Waals surface area contributed by atoms with E-state index >= 15 is 0 Å². The van der Waals surface area contributed by atoms with Gasteiger partial charge in [-0.2, -0.15) is 0 Å². The highest BCUT2D eigenvalue weighted by Crippen LogP contribution is 2.24. The number of rotatable bonds is 7. The highest BCUT2D eigenvalue weighted by atomic mass is 35.5. The Balaban J connectivity index is 1.63. The van der Waals surface area contributed by atoms with E-state index in [2.05, 4.69) is 5.32 Å². The van der Waals surface area contributed by atoms with Gasteiger partial charge in [-0.05, 0) is 38.3 Å². The number of nitrogens with zero attached hydrogens (tertiary/aromatic N) is 1. The minimum atomic E-state index is -0.219. The van der Waals surface area contributed by atoms with E-state index in [-0.39, 0.29) is 11.6 Å². The third kappa shape index (κ3) is 5.59. The van der Waals surface area contributed by atoms with Gasteiger partial charge in [-0.25, -0.2) is 4.79 Å². The summed E-state index contributed by atoms with van der Waals surface area (Å²) in [4.78, 5) is 13.7.